The van der Waals surface area contributed by atoms with Crippen LogP contribution in [-0.2, 0) is 0 Å². The number of likely N-dealkylation sites (N-methyl/N-ethyl adjacent to an activating group) is 1. The van der Waals surface area contributed by atoms with Crippen molar-refractivity contribution in [3.8, 4) is 5.69 Å². The minimum atomic E-state index is -0.0503. The first-order valence-corrected chi connectivity index (χ1v) is 7.45. The van der Waals surface area contributed by atoms with Crippen LogP contribution in [0.3, 0.4) is 0 Å². The maximum absolute atomic E-state index is 12.5. The van der Waals surface area contributed by atoms with Crippen LogP contribution < -0.4 is 5.73 Å². The minimum Gasteiger partial charge on any atom is -0.384 e. The van der Waals surface area contributed by atoms with Crippen LogP contribution in [0.2, 0.25) is 0 Å². The van der Waals surface area contributed by atoms with E-state index in [9.17, 15) is 4.79 Å². The van der Waals surface area contributed by atoms with E-state index in [-0.39, 0.29) is 5.91 Å². The molecule has 1 fully saturated rings. The summed E-state index contributed by atoms with van der Waals surface area (Å²) in [6.45, 7) is 5.26. The Balaban J connectivity index is 1.82. The monoisotopic (exact) mass is 299 g/mol. The van der Waals surface area contributed by atoms with Gasteiger partial charge in [-0.15, -0.1) is 0 Å². The molecule has 1 amide bonds. The molecule has 22 heavy (non-hydrogen) atoms. The van der Waals surface area contributed by atoms with Crippen molar-refractivity contribution in [1.29, 1.82) is 0 Å². The number of hydrogen-bond acceptors (Lipinski definition) is 4. The molecular formula is C16H21N5O. The molecule has 6 heteroatoms. The summed E-state index contributed by atoms with van der Waals surface area (Å²) in [4.78, 5) is 16.6. The second-order valence-corrected chi connectivity index (χ2v) is 5.80. The van der Waals surface area contributed by atoms with Gasteiger partial charge in [0.25, 0.3) is 5.91 Å². The predicted molar refractivity (Wildman–Crippen MR) is 86.1 cm³/mol. The van der Waals surface area contributed by atoms with Crippen LogP contribution in [0.15, 0.2) is 30.3 Å². The molecule has 0 radical (unpaired) electrons. The fourth-order valence-electron chi connectivity index (χ4n) is 2.56. The Morgan fingerprint density at radius 1 is 1.14 bits per heavy atom. The van der Waals surface area contributed by atoms with Gasteiger partial charge in [0, 0.05) is 32.2 Å². The lowest BCUT2D eigenvalue weighted by atomic mass is 10.2. The zero-order valence-electron chi connectivity index (χ0n) is 13.0. The fourth-order valence-corrected chi connectivity index (χ4v) is 2.56. The summed E-state index contributed by atoms with van der Waals surface area (Å²) >= 11 is 0. The lowest BCUT2D eigenvalue weighted by Crippen LogP contribution is -2.47. The minimum absolute atomic E-state index is 0.0503. The Labute approximate surface area is 130 Å². The number of carbonyl (C=O) groups is 1. The normalized spacial score (nSPS) is 16.0. The van der Waals surface area contributed by atoms with Crippen molar-refractivity contribution in [3.05, 3.63) is 41.6 Å². The number of nitrogens with two attached hydrogens (primary N) is 1. The van der Waals surface area contributed by atoms with E-state index in [0.29, 0.717) is 11.5 Å². The van der Waals surface area contributed by atoms with Crippen molar-refractivity contribution in [3.63, 3.8) is 0 Å². The number of carbonyl (C=O) groups excluding carboxylic acids is 1. The molecule has 0 unspecified atom stereocenters. The maximum Gasteiger partial charge on any atom is 0.274 e. The van der Waals surface area contributed by atoms with Gasteiger partial charge in [-0.05, 0) is 26.1 Å². The van der Waals surface area contributed by atoms with E-state index in [1.165, 1.54) is 5.56 Å². The van der Waals surface area contributed by atoms with Crippen molar-refractivity contribution in [2.45, 2.75) is 6.92 Å². The second kappa shape index (κ2) is 5.81. The number of hydrogen-bond donors (Lipinski definition) is 1. The van der Waals surface area contributed by atoms with Gasteiger partial charge in [-0.1, -0.05) is 17.7 Å². The Morgan fingerprint density at radius 3 is 2.41 bits per heavy atom. The molecule has 116 valence electrons. The maximum atomic E-state index is 12.5. The first-order chi connectivity index (χ1) is 10.5. The molecule has 0 atom stereocenters. The van der Waals surface area contributed by atoms with E-state index in [1.54, 1.807) is 10.7 Å². The molecule has 2 N–H and O–H groups in total. The lowest BCUT2D eigenvalue weighted by molar-refractivity contribution is 0.0657. The third-order valence-electron chi connectivity index (χ3n) is 4.03. The van der Waals surface area contributed by atoms with Crippen LogP contribution in [0.25, 0.3) is 5.69 Å². The van der Waals surface area contributed by atoms with Gasteiger partial charge in [0.05, 0.1) is 5.69 Å². The van der Waals surface area contributed by atoms with E-state index < -0.39 is 0 Å². The van der Waals surface area contributed by atoms with E-state index >= 15 is 0 Å². The van der Waals surface area contributed by atoms with E-state index in [2.05, 4.69) is 17.0 Å². The summed E-state index contributed by atoms with van der Waals surface area (Å²) in [5, 5.41) is 4.39. The number of benzene rings is 1. The molecule has 1 aromatic carbocycles. The SMILES string of the molecule is Cc1ccc(-n2nc(C(=O)N3CCN(C)CC3)cc2N)cc1. The van der Waals surface area contributed by atoms with Crippen LogP contribution in [0, 0.1) is 6.92 Å². The summed E-state index contributed by atoms with van der Waals surface area (Å²) in [5.74, 6) is 0.423. The van der Waals surface area contributed by atoms with Crippen molar-refractivity contribution < 1.29 is 4.79 Å². The zero-order chi connectivity index (χ0) is 15.7. The van der Waals surface area contributed by atoms with E-state index in [1.807, 2.05) is 36.1 Å². The van der Waals surface area contributed by atoms with Crippen molar-refractivity contribution in [2.24, 2.45) is 0 Å². The Kier molecular flexibility index (Phi) is 3.85. The van der Waals surface area contributed by atoms with Crippen LogP contribution in [0.1, 0.15) is 16.1 Å². The van der Waals surface area contributed by atoms with Crippen LogP contribution in [0.4, 0.5) is 5.82 Å². The predicted octanol–water partition coefficient (Wildman–Crippen LogP) is 1.15. The van der Waals surface area contributed by atoms with Crippen LogP contribution in [-0.4, -0.2) is 58.7 Å². The smallest absolute Gasteiger partial charge is 0.274 e. The Morgan fingerprint density at radius 2 is 1.77 bits per heavy atom. The lowest BCUT2D eigenvalue weighted by Gasteiger charge is -2.31. The molecule has 1 aliphatic rings. The topological polar surface area (TPSA) is 67.4 Å². The van der Waals surface area contributed by atoms with Crippen LogP contribution in [0.5, 0.6) is 0 Å². The first-order valence-electron chi connectivity index (χ1n) is 7.45. The van der Waals surface area contributed by atoms with Gasteiger partial charge >= 0.3 is 0 Å². The highest BCUT2D eigenvalue weighted by molar-refractivity contribution is 5.93. The molecule has 1 saturated heterocycles. The molecule has 2 heterocycles. The van der Waals surface area contributed by atoms with Gasteiger partial charge < -0.3 is 15.5 Å². The van der Waals surface area contributed by atoms with Gasteiger partial charge in [0.15, 0.2) is 5.69 Å². The number of piperazine rings is 1. The van der Waals surface area contributed by atoms with Crippen molar-refractivity contribution >= 4 is 11.7 Å². The molecule has 1 aromatic heterocycles. The molecule has 2 aromatic rings. The van der Waals surface area contributed by atoms with Gasteiger partial charge in [-0.3, -0.25) is 4.79 Å². The van der Waals surface area contributed by atoms with Crippen molar-refractivity contribution in [2.75, 3.05) is 39.0 Å². The molecule has 1 aliphatic heterocycles. The molecule has 0 spiro atoms. The number of nitrogen functional groups attached to an aromatic ring is 1. The highest BCUT2D eigenvalue weighted by Gasteiger charge is 2.23. The van der Waals surface area contributed by atoms with E-state index in [0.717, 1.165) is 31.9 Å². The molecule has 0 saturated carbocycles. The number of anilines is 1. The number of amides is 1. The third kappa shape index (κ3) is 2.82. The molecule has 3 rings (SSSR count). The standard InChI is InChI=1S/C16H21N5O/c1-12-3-5-13(6-4-12)21-15(17)11-14(18-21)16(22)20-9-7-19(2)8-10-20/h3-6,11H,7-10,17H2,1-2H3. The molecule has 0 aliphatic carbocycles. The second-order valence-electron chi connectivity index (χ2n) is 5.80. The highest BCUT2D eigenvalue weighted by atomic mass is 16.2. The zero-order valence-corrected chi connectivity index (χ0v) is 13.0. The first kappa shape index (κ1) is 14.6. The van der Waals surface area contributed by atoms with Gasteiger partial charge in [-0.25, -0.2) is 4.68 Å². The average Bonchev–Trinajstić information content (AvgIpc) is 2.90. The summed E-state index contributed by atoms with van der Waals surface area (Å²) in [6, 6.07) is 9.54. The van der Waals surface area contributed by atoms with Crippen LogP contribution >= 0.6 is 0 Å². The number of rotatable bonds is 2. The van der Waals surface area contributed by atoms with Gasteiger partial charge in [0.2, 0.25) is 0 Å². The van der Waals surface area contributed by atoms with Gasteiger partial charge in [-0.2, -0.15) is 5.10 Å². The van der Waals surface area contributed by atoms with E-state index in [4.69, 9.17) is 5.73 Å². The summed E-state index contributed by atoms with van der Waals surface area (Å²) in [5.41, 5.74) is 8.46. The summed E-state index contributed by atoms with van der Waals surface area (Å²) < 4.78 is 1.61. The molecule has 0 bridgehead atoms. The average molecular weight is 299 g/mol. The summed E-state index contributed by atoms with van der Waals surface area (Å²) in [6.07, 6.45) is 0. The number of aromatic nitrogens is 2. The molecular weight excluding hydrogens is 278 g/mol. The fraction of sp³-hybridized carbons (Fsp3) is 0.375. The van der Waals surface area contributed by atoms with Crippen molar-refractivity contribution in [1.82, 2.24) is 19.6 Å². The Hall–Kier alpha value is -2.34. The quantitative estimate of drug-likeness (QED) is 0.903. The number of nitrogens with zero attached hydrogens (tertiary/aromatic N) is 4. The molecule has 6 nitrogen and oxygen atoms in total. The highest BCUT2D eigenvalue weighted by Crippen LogP contribution is 2.17. The largest absolute Gasteiger partial charge is 0.384 e. The van der Waals surface area contributed by atoms with Gasteiger partial charge in [0.1, 0.15) is 5.82 Å². The Bertz CT molecular complexity index is 668. The number of aryl methyl sites for hydroxylation is 1. The third-order valence-corrected chi connectivity index (χ3v) is 4.03. The summed E-state index contributed by atoms with van der Waals surface area (Å²) in [7, 11) is 2.06.